The molecule has 2 atom stereocenters. The smallest absolute Gasteiger partial charge is 0.312 e. The molecule has 0 radical (unpaired) electrons. The molecule has 5 nitrogen and oxygen atoms in total. The summed E-state index contributed by atoms with van der Waals surface area (Å²) in [6, 6.07) is 26.9. The highest BCUT2D eigenvalue weighted by Gasteiger charge is 2.39. The monoisotopic (exact) mass is 474 g/mol. The summed E-state index contributed by atoms with van der Waals surface area (Å²) in [5.41, 5.74) is 2.60. The van der Waals surface area contributed by atoms with Crippen LogP contribution in [0.5, 0.6) is 5.75 Å². The lowest BCUT2D eigenvalue weighted by Crippen LogP contribution is -2.33. The van der Waals surface area contributed by atoms with Gasteiger partial charge in [-0.05, 0) is 42.0 Å². The van der Waals surface area contributed by atoms with Gasteiger partial charge in [0.05, 0.1) is 23.7 Å². The van der Waals surface area contributed by atoms with Crippen LogP contribution in [0.25, 0.3) is 5.69 Å². The van der Waals surface area contributed by atoms with Gasteiger partial charge in [-0.15, -0.1) is 11.8 Å². The molecule has 166 valence electrons. The molecule has 1 amide bonds. The minimum absolute atomic E-state index is 0.0404. The second-order valence-corrected chi connectivity index (χ2v) is 9.73. The SMILES string of the molecule is COc1ccc([C@@H]2c3sc(=O)n(-c4ccccc4)c3SC[C@H]2C(=O)Nc2ccccc2)cc1. The molecule has 0 saturated carbocycles. The fourth-order valence-electron chi connectivity index (χ4n) is 4.13. The number of benzene rings is 3. The average Bonchev–Trinajstić information content (AvgIpc) is 3.20. The second-order valence-electron chi connectivity index (χ2n) is 7.73. The van der Waals surface area contributed by atoms with E-state index in [0.29, 0.717) is 5.75 Å². The van der Waals surface area contributed by atoms with Gasteiger partial charge in [-0.2, -0.15) is 0 Å². The summed E-state index contributed by atoms with van der Waals surface area (Å²) >= 11 is 2.80. The highest BCUT2D eigenvalue weighted by Crippen LogP contribution is 2.47. The van der Waals surface area contributed by atoms with Crippen molar-refractivity contribution in [3.05, 3.63) is 105 Å². The number of hydrogen-bond acceptors (Lipinski definition) is 5. The molecular weight excluding hydrogens is 452 g/mol. The van der Waals surface area contributed by atoms with E-state index in [1.165, 1.54) is 11.3 Å². The van der Waals surface area contributed by atoms with Crippen molar-refractivity contribution < 1.29 is 9.53 Å². The minimum Gasteiger partial charge on any atom is -0.497 e. The number of carbonyl (C=O) groups is 1. The Balaban J connectivity index is 1.59. The van der Waals surface area contributed by atoms with E-state index in [2.05, 4.69) is 5.32 Å². The summed E-state index contributed by atoms with van der Waals surface area (Å²) in [6.45, 7) is 0. The zero-order valence-corrected chi connectivity index (χ0v) is 19.6. The van der Waals surface area contributed by atoms with Crippen molar-refractivity contribution in [1.82, 2.24) is 4.57 Å². The maximum absolute atomic E-state index is 13.4. The predicted molar refractivity (Wildman–Crippen MR) is 134 cm³/mol. The highest BCUT2D eigenvalue weighted by molar-refractivity contribution is 7.99. The molecule has 1 aliphatic heterocycles. The third-order valence-corrected chi connectivity index (χ3v) is 8.10. The number of thioether (sulfide) groups is 1. The van der Waals surface area contributed by atoms with Crippen LogP contribution in [0.1, 0.15) is 16.4 Å². The van der Waals surface area contributed by atoms with E-state index in [1.807, 2.05) is 84.9 Å². The summed E-state index contributed by atoms with van der Waals surface area (Å²) in [7, 11) is 1.63. The zero-order chi connectivity index (χ0) is 22.8. The molecule has 0 aliphatic carbocycles. The molecule has 4 aromatic rings. The number of thiazole rings is 1. The molecule has 2 heterocycles. The topological polar surface area (TPSA) is 60.3 Å². The molecule has 1 N–H and O–H groups in total. The van der Waals surface area contributed by atoms with Gasteiger partial charge >= 0.3 is 4.87 Å². The van der Waals surface area contributed by atoms with Crippen molar-refractivity contribution >= 4 is 34.7 Å². The fourth-order valence-corrected chi connectivity index (χ4v) is 6.84. The normalized spacial score (nSPS) is 17.2. The van der Waals surface area contributed by atoms with Crippen molar-refractivity contribution in [2.45, 2.75) is 10.9 Å². The highest BCUT2D eigenvalue weighted by atomic mass is 32.2. The third-order valence-electron chi connectivity index (χ3n) is 5.75. The molecule has 0 bridgehead atoms. The number of aromatic nitrogens is 1. The van der Waals surface area contributed by atoms with Gasteiger partial charge in [0.25, 0.3) is 0 Å². The van der Waals surface area contributed by atoms with E-state index in [9.17, 15) is 9.59 Å². The van der Waals surface area contributed by atoms with Crippen LogP contribution in [0.3, 0.4) is 0 Å². The van der Waals surface area contributed by atoms with Crippen LogP contribution in [0, 0.1) is 5.92 Å². The molecule has 0 spiro atoms. The van der Waals surface area contributed by atoms with Crippen LogP contribution in [-0.2, 0) is 4.79 Å². The molecule has 1 aliphatic rings. The number of methoxy groups -OCH3 is 1. The number of para-hydroxylation sites is 2. The van der Waals surface area contributed by atoms with Crippen LogP contribution in [0.4, 0.5) is 5.69 Å². The van der Waals surface area contributed by atoms with Crippen LogP contribution >= 0.6 is 23.1 Å². The summed E-state index contributed by atoms with van der Waals surface area (Å²) in [5, 5.41) is 3.98. The van der Waals surface area contributed by atoms with E-state index in [1.54, 1.807) is 23.4 Å². The van der Waals surface area contributed by atoms with E-state index < -0.39 is 0 Å². The summed E-state index contributed by atoms with van der Waals surface area (Å²) in [6.07, 6.45) is 0. The standard InChI is InChI=1S/C26H22N2O3S2/c1-31-20-14-12-17(13-15-20)22-21(24(29)27-18-8-4-2-5-9-18)16-32-25-23(22)33-26(30)28(25)19-10-6-3-7-11-19/h2-15,21-22H,16H2,1H3,(H,27,29)/t21-,22+/m1/s1. The largest absolute Gasteiger partial charge is 0.497 e. The Morgan fingerprint density at radius 2 is 1.64 bits per heavy atom. The van der Waals surface area contributed by atoms with Gasteiger partial charge in [-0.25, -0.2) is 0 Å². The molecule has 3 aromatic carbocycles. The Labute approximate surface area is 200 Å². The molecule has 5 rings (SSSR count). The third kappa shape index (κ3) is 4.21. The minimum atomic E-state index is -0.321. The molecule has 0 saturated heterocycles. The number of amides is 1. The van der Waals surface area contributed by atoms with Gasteiger partial charge in [0, 0.05) is 22.2 Å². The Hall–Kier alpha value is -3.29. The van der Waals surface area contributed by atoms with Gasteiger partial charge in [-0.1, -0.05) is 59.9 Å². The number of carbonyl (C=O) groups excluding carboxylic acids is 1. The lowest BCUT2D eigenvalue weighted by atomic mass is 9.85. The van der Waals surface area contributed by atoms with Crippen LogP contribution in [0.2, 0.25) is 0 Å². The van der Waals surface area contributed by atoms with Gasteiger partial charge in [0.15, 0.2) is 0 Å². The van der Waals surface area contributed by atoms with Crippen molar-refractivity contribution in [1.29, 1.82) is 0 Å². The summed E-state index contributed by atoms with van der Waals surface area (Å²) < 4.78 is 7.10. The van der Waals surface area contributed by atoms with Gasteiger partial charge in [-0.3, -0.25) is 14.2 Å². The Morgan fingerprint density at radius 1 is 0.970 bits per heavy atom. The number of fused-ring (bicyclic) bond motifs is 1. The number of rotatable bonds is 5. The summed E-state index contributed by atoms with van der Waals surface area (Å²) in [5.74, 6) is 0.736. The van der Waals surface area contributed by atoms with Crippen LogP contribution < -0.4 is 14.9 Å². The first-order valence-electron chi connectivity index (χ1n) is 10.6. The predicted octanol–water partition coefficient (Wildman–Crippen LogP) is 5.40. The fraction of sp³-hybridized carbons (Fsp3) is 0.154. The Morgan fingerprint density at radius 3 is 2.30 bits per heavy atom. The van der Waals surface area contributed by atoms with Crippen molar-refractivity contribution in [3.63, 3.8) is 0 Å². The maximum Gasteiger partial charge on any atom is 0.312 e. The number of nitrogens with zero attached hydrogens (tertiary/aromatic N) is 1. The van der Waals surface area contributed by atoms with Crippen LogP contribution in [-0.4, -0.2) is 23.3 Å². The molecule has 0 fully saturated rings. The first-order chi connectivity index (χ1) is 16.2. The van der Waals surface area contributed by atoms with Gasteiger partial charge in [0.2, 0.25) is 5.91 Å². The number of anilines is 1. The van der Waals surface area contributed by atoms with Gasteiger partial charge < -0.3 is 10.1 Å². The quantitative estimate of drug-likeness (QED) is 0.421. The zero-order valence-electron chi connectivity index (χ0n) is 17.9. The molecular formula is C26H22N2O3S2. The molecule has 1 aromatic heterocycles. The van der Waals surface area contributed by atoms with Crippen molar-refractivity contribution in [3.8, 4) is 11.4 Å². The first kappa shape index (κ1) is 21.6. The average molecular weight is 475 g/mol. The number of ether oxygens (including phenoxy) is 1. The lowest BCUT2D eigenvalue weighted by Gasteiger charge is -2.31. The van der Waals surface area contributed by atoms with E-state index >= 15 is 0 Å². The van der Waals surface area contributed by atoms with E-state index in [-0.39, 0.29) is 22.6 Å². The molecule has 0 unspecified atom stereocenters. The van der Waals surface area contributed by atoms with E-state index in [4.69, 9.17) is 4.74 Å². The second kappa shape index (κ2) is 9.29. The maximum atomic E-state index is 13.4. The molecule has 33 heavy (non-hydrogen) atoms. The van der Waals surface area contributed by atoms with Crippen molar-refractivity contribution in [2.24, 2.45) is 5.92 Å². The van der Waals surface area contributed by atoms with Gasteiger partial charge in [0.1, 0.15) is 5.75 Å². The van der Waals surface area contributed by atoms with Crippen LogP contribution in [0.15, 0.2) is 94.7 Å². The Bertz CT molecular complexity index is 1320. The Kier molecular flexibility index (Phi) is 6.07. The number of nitrogens with one attached hydrogen (secondary N) is 1. The van der Waals surface area contributed by atoms with Crippen molar-refractivity contribution in [2.75, 3.05) is 18.2 Å². The lowest BCUT2D eigenvalue weighted by molar-refractivity contribution is -0.119. The molecule has 7 heteroatoms. The summed E-state index contributed by atoms with van der Waals surface area (Å²) in [4.78, 5) is 27.4. The van der Waals surface area contributed by atoms with E-state index in [0.717, 1.165) is 32.6 Å². The first-order valence-corrected chi connectivity index (χ1v) is 12.4. The number of hydrogen-bond donors (Lipinski definition) is 1.